The van der Waals surface area contributed by atoms with E-state index in [-0.39, 0.29) is 12.8 Å². The third-order valence-electron chi connectivity index (χ3n) is 0.916. The number of rotatable bonds is 0. The van der Waals surface area contributed by atoms with Gasteiger partial charge in [-0.1, -0.05) is 0 Å². The molecule has 0 N–H and O–H groups in total. The monoisotopic (exact) mass is 108 g/mol. The van der Waals surface area contributed by atoms with Gasteiger partial charge in [-0.25, -0.2) is 8.78 Å². The summed E-state index contributed by atoms with van der Waals surface area (Å²) in [6, 6.07) is 0. The van der Waals surface area contributed by atoms with E-state index in [2.05, 4.69) is 4.74 Å². The maximum absolute atomic E-state index is 11.7. The summed E-state index contributed by atoms with van der Waals surface area (Å²) in [5.74, 6) is 0. The number of halogens is 2. The number of alkyl halides is 2. The first-order valence-electron chi connectivity index (χ1n) is 2.22. The fourth-order valence-corrected chi connectivity index (χ4v) is 0.558. The molecule has 2 atom stereocenters. The molecule has 7 heavy (non-hydrogen) atoms. The van der Waals surface area contributed by atoms with Crippen molar-refractivity contribution in [2.24, 2.45) is 0 Å². The molecule has 0 aliphatic carbocycles. The zero-order valence-electron chi connectivity index (χ0n) is 3.73. The topological polar surface area (TPSA) is 9.23 Å². The highest BCUT2D eigenvalue weighted by atomic mass is 19.2. The molecule has 0 saturated carbocycles. The van der Waals surface area contributed by atoms with Crippen molar-refractivity contribution in [3.05, 3.63) is 0 Å². The smallest absolute Gasteiger partial charge is 0.202 e. The first-order valence-corrected chi connectivity index (χ1v) is 2.22. The Labute approximate surface area is 40.3 Å². The second-order valence-electron chi connectivity index (χ2n) is 1.53. The zero-order valence-corrected chi connectivity index (χ0v) is 3.73. The summed E-state index contributed by atoms with van der Waals surface area (Å²) in [7, 11) is 0. The van der Waals surface area contributed by atoms with Crippen molar-refractivity contribution < 1.29 is 13.5 Å². The molecule has 3 heteroatoms. The van der Waals surface area contributed by atoms with Gasteiger partial charge < -0.3 is 4.74 Å². The van der Waals surface area contributed by atoms with Crippen molar-refractivity contribution in [2.75, 3.05) is 0 Å². The standard InChI is InChI=1S/C4H6F2O/c5-3-1-2-4(6)7-3/h3-4H,1-2H2. The Morgan fingerprint density at radius 1 is 1.14 bits per heavy atom. The minimum Gasteiger partial charge on any atom is -0.314 e. The van der Waals surface area contributed by atoms with Crippen LogP contribution in [0, 0.1) is 0 Å². The molecule has 0 amide bonds. The summed E-state index contributed by atoms with van der Waals surface area (Å²) in [5, 5.41) is 0. The van der Waals surface area contributed by atoms with E-state index in [9.17, 15) is 8.78 Å². The largest absolute Gasteiger partial charge is 0.314 e. The maximum atomic E-state index is 11.7. The summed E-state index contributed by atoms with van der Waals surface area (Å²) in [6.07, 6.45) is -2.28. The van der Waals surface area contributed by atoms with Gasteiger partial charge in [0.05, 0.1) is 0 Å². The van der Waals surface area contributed by atoms with Gasteiger partial charge in [0.2, 0.25) is 12.7 Å². The van der Waals surface area contributed by atoms with E-state index in [4.69, 9.17) is 0 Å². The van der Waals surface area contributed by atoms with Gasteiger partial charge in [-0.05, 0) is 0 Å². The fraction of sp³-hybridized carbons (Fsp3) is 1.00. The van der Waals surface area contributed by atoms with E-state index in [1.807, 2.05) is 0 Å². The van der Waals surface area contributed by atoms with Gasteiger partial charge in [0.1, 0.15) is 0 Å². The summed E-state index contributed by atoms with van der Waals surface area (Å²) >= 11 is 0. The van der Waals surface area contributed by atoms with Gasteiger partial charge in [0, 0.05) is 12.8 Å². The minimum atomic E-state index is -1.35. The average Bonchev–Trinajstić information content (AvgIpc) is 1.87. The van der Waals surface area contributed by atoms with Crippen LogP contribution in [0.3, 0.4) is 0 Å². The molecule has 0 radical (unpaired) electrons. The Morgan fingerprint density at radius 2 is 1.57 bits per heavy atom. The van der Waals surface area contributed by atoms with Crippen LogP contribution in [0.1, 0.15) is 12.8 Å². The maximum Gasteiger partial charge on any atom is 0.202 e. The molecular weight excluding hydrogens is 102 g/mol. The molecular formula is C4H6F2O. The Balaban J connectivity index is 2.26. The van der Waals surface area contributed by atoms with E-state index in [1.54, 1.807) is 0 Å². The van der Waals surface area contributed by atoms with E-state index in [1.165, 1.54) is 0 Å². The van der Waals surface area contributed by atoms with Crippen LogP contribution in [-0.4, -0.2) is 12.7 Å². The van der Waals surface area contributed by atoms with E-state index in [0.717, 1.165) is 0 Å². The van der Waals surface area contributed by atoms with E-state index in [0.29, 0.717) is 0 Å². The average molecular weight is 108 g/mol. The lowest BCUT2D eigenvalue weighted by molar-refractivity contribution is -0.0869. The molecule has 0 aromatic rings. The number of hydrogen-bond donors (Lipinski definition) is 0. The first-order chi connectivity index (χ1) is 3.29. The Hall–Kier alpha value is -0.180. The normalized spacial score (nSPS) is 42.0. The highest BCUT2D eigenvalue weighted by molar-refractivity contribution is 4.55. The lowest BCUT2D eigenvalue weighted by Gasteiger charge is -1.94. The third kappa shape index (κ3) is 1.09. The Morgan fingerprint density at radius 3 is 1.71 bits per heavy atom. The lowest BCUT2D eigenvalue weighted by Crippen LogP contribution is -1.98. The molecule has 0 aromatic carbocycles. The minimum absolute atomic E-state index is 0.209. The number of hydrogen-bond acceptors (Lipinski definition) is 1. The fourth-order valence-electron chi connectivity index (χ4n) is 0.558. The van der Waals surface area contributed by atoms with Crippen molar-refractivity contribution in [1.82, 2.24) is 0 Å². The molecule has 42 valence electrons. The van der Waals surface area contributed by atoms with Crippen LogP contribution < -0.4 is 0 Å². The van der Waals surface area contributed by atoms with Crippen molar-refractivity contribution >= 4 is 0 Å². The van der Waals surface area contributed by atoms with Crippen LogP contribution in [-0.2, 0) is 4.74 Å². The van der Waals surface area contributed by atoms with Gasteiger partial charge in [-0.2, -0.15) is 0 Å². The van der Waals surface area contributed by atoms with Crippen LogP contribution in [0.5, 0.6) is 0 Å². The molecule has 1 heterocycles. The van der Waals surface area contributed by atoms with Crippen LogP contribution in [0.2, 0.25) is 0 Å². The first kappa shape index (κ1) is 4.97. The van der Waals surface area contributed by atoms with Crippen LogP contribution in [0.15, 0.2) is 0 Å². The van der Waals surface area contributed by atoms with Crippen molar-refractivity contribution in [3.63, 3.8) is 0 Å². The van der Waals surface area contributed by atoms with Gasteiger partial charge in [-0.15, -0.1) is 0 Å². The van der Waals surface area contributed by atoms with Crippen LogP contribution >= 0.6 is 0 Å². The van der Waals surface area contributed by atoms with Crippen molar-refractivity contribution in [1.29, 1.82) is 0 Å². The summed E-state index contributed by atoms with van der Waals surface area (Å²) in [4.78, 5) is 0. The quantitative estimate of drug-likeness (QED) is 0.455. The Bertz CT molecular complexity index is 58.7. The molecule has 0 aromatic heterocycles. The van der Waals surface area contributed by atoms with Crippen molar-refractivity contribution in [3.8, 4) is 0 Å². The second kappa shape index (κ2) is 1.74. The molecule has 0 spiro atoms. The van der Waals surface area contributed by atoms with Crippen molar-refractivity contribution in [2.45, 2.75) is 25.6 Å². The van der Waals surface area contributed by atoms with Gasteiger partial charge in [0.25, 0.3) is 0 Å². The van der Waals surface area contributed by atoms with Crippen LogP contribution in [0.4, 0.5) is 8.78 Å². The predicted octanol–water partition coefficient (Wildman–Crippen LogP) is 1.39. The third-order valence-corrected chi connectivity index (χ3v) is 0.916. The Kier molecular flexibility index (Phi) is 1.23. The molecule has 1 fully saturated rings. The summed E-state index contributed by atoms with van der Waals surface area (Å²) in [6.45, 7) is 0. The SMILES string of the molecule is FC1CCC(F)O1. The van der Waals surface area contributed by atoms with E-state index < -0.39 is 12.7 Å². The number of ether oxygens (including phenoxy) is 1. The highest BCUT2D eigenvalue weighted by Crippen LogP contribution is 2.20. The molecule has 1 saturated heterocycles. The molecule has 1 aliphatic heterocycles. The summed E-state index contributed by atoms with van der Waals surface area (Å²) in [5.41, 5.74) is 0. The zero-order chi connectivity index (χ0) is 5.28. The van der Waals surface area contributed by atoms with E-state index >= 15 is 0 Å². The predicted molar refractivity (Wildman–Crippen MR) is 20.1 cm³/mol. The second-order valence-corrected chi connectivity index (χ2v) is 1.53. The van der Waals surface area contributed by atoms with Gasteiger partial charge in [0.15, 0.2) is 0 Å². The summed E-state index contributed by atoms with van der Waals surface area (Å²) < 4.78 is 27.5. The van der Waals surface area contributed by atoms with Crippen LogP contribution in [0.25, 0.3) is 0 Å². The molecule has 1 nitrogen and oxygen atoms in total. The molecule has 2 unspecified atom stereocenters. The van der Waals surface area contributed by atoms with Gasteiger partial charge in [-0.3, -0.25) is 0 Å². The lowest BCUT2D eigenvalue weighted by atomic mass is 10.4. The highest BCUT2D eigenvalue weighted by Gasteiger charge is 2.23. The van der Waals surface area contributed by atoms with Gasteiger partial charge >= 0.3 is 0 Å². The molecule has 0 bridgehead atoms. The molecule has 1 aliphatic rings. The molecule has 1 rings (SSSR count).